The number of nitrogens with zero attached hydrogens (tertiary/aromatic N) is 1. The summed E-state index contributed by atoms with van der Waals surface area (Å²) in [5.74, 6) is 0.748. The van der Waals surface area contributed by atoms with Gasteiger partial charge in [0, 0.05) is 18.7 Å². The molecule has 0 aliphatic carbocycles. The summed E-state index contributed by atoms with van der Waals surface area (Å²) in [7, 11) is 1.18. The van der Waals surface area contributed by atoms with Gasteiger partial charge in [-0.15, -0.1) is 0 Å². The number of carbonyl (C=O) groups is 1. The van der Waals surface area contributed by atoms with Gasteiger partial charge in [-0.05, 0) is 43.3 Å². The van der Waals surface area contributed by atoms with E-state index in [0.29, 0.717) is 28.4 Å². The summed E-state index contributed by atoms with van der Waals surface area (Å²) in [4.78, 5) is 12.5. The zero-order chi connectivity index (χ0) is 19.3. The molecule has 26 heavy (non-hydrogen) atoms. The summed E-state index contributed by atoms with van der Waals surface area (Å²) in [5.41, 5.74) is 1.36. The van der Waals surface area contributed by atoms with Gasteiger partial charge in [0.1, 0.15) is 11.5 Å². The van der Waals surface area contributed by atoms with Crippen molar-refractivity contribution in [3.8, 4) is 11.5 Å². The Morgan fingerprint density at radius 3 is 2.27 bits per heavy atom. The van der Waals surface area contributed by atoms with Crippen molar-refractivity contribution < 1.29 is 22.7 Å². The van der Waals surface area contributed by atoms with E-state index in [1.165, 1.54) is 25.6 Å². The Morgan fingerprint density at radius 2 is 1.73 bits per heavy atom. The number of hydrogen-bond donors (Lipinski definition) is 1. The molecule has 7 nitrogen and oxygen atoms in total. The van der Waals surface area contributed by atoms with Crippen LogP contribution in [0.25, 0.3) is 0 Å². The van der Waals surface area contributed by atoms with Crippen LogP contribution >= 0.6 is 0 Å². The van der Waals surface area contributed by atoms with Crippen molar-refractivity contribution in [2.45, 2.75) is 6.92 Å². The molecule has 0 spiro atoms. The average molecular weight is 378 g/mol. The van der Waals surface area contributed by atoms with Gasteiger partial charge in [-0.1, -0.05) is 0 Å². The molecule has 140 valence electrons. The number of benzene rings is 2. The molecule has 0 unspecified atom stereocenters. The minimum Gasteiger partial charge on any atom is -0.497 e. The number of ether oxygens (including phenoxy) is 2. The highest BCUT2D eigenvalue weighted by atomic mass is 32.2. The third-order valence-corrected chi connectivity index (χ3v) is 5.70. The number of carbonyl (C=O) groups excluding carboxylic acids is 1. The number of methoxy groups -OCH3 is 2. The second-order valence-electron chi connectivity index (χ2n) is 5.44. The number of amides is 1. The molecule has 0 aliphatic rings. The first kappa shape index (κ1) is 19.6. The van der Waals surface area contributed by atoms with Crippen molar-refractivity contribution in [1.82, 2.24) is 0 Å². The normalized spacial score (nSPS) is 10.9. The van der Waals surface area contributed by atoms with Crippen LogP contribution in [0.3, 0.4) is 0 Å². The van der Waals surface area contributed by atoms with Gasteiger partial charge in [0.25, 0.3) is 5.91 Å². The van der Waals surface area contributed by atoms with E-state index in [0.717, 1.165) is 0 Å². The fourth-order valence-corrected chi connectivity index (χ4v) is 3.11. The van der Waals surface area contributed by atoms with Crippen molar-refractivity contribution in [3.63, 3.8) is 0 Å². The molecule has 8 heteroatoms. The molecule has 1 amide bonds. The van der Waals surface area contributed by atoms with E-state index >= 15 is 0 Å². The Kier molecular flexibility index (Phi) is 6.10. The molecule has 2 aromatic rings. The molecule has 0 heterocycles. The lowest BCUT2D eigenvalue weighted by molar-refractivity contribution is 0.102. The fourth-order valence-electron chi connectivity index (χ4n) is 2.28. The van der Waals surface area contributed by atoms with Crippen molar-refractivity contribution >= 4 is 27.3 Å². The van der Waals surface area contributed by atoms with Gasteiger partial charge in [-0.25, -0.2) is 8.42 Å². The zero-order valence-electron chi connectivity index (χ0n) is 15.1. The Labute approximate surface area is 153 Å². The van der Waals surface area contributed by atoms with Crippen molar-refractivity contribution in [3.05, 3.63) is 48.0 Å². The second-order valence-corrected chi connectivity index (χ2v) is 7.72. The first-order valence-corrected chi connectivity index (χ1v) is 9.53. The third-order valence-electron chi connectivity index (χ3n) is 3.93. The van der Waals surface area contributed by atoms with E-state index in [2.05, 4.69) is 5.32 Å². The lowest BCUT2D eigenvalue weighted by atomic mass is 10.2. The molecule has 2 rings (SSSR count). The predicted octanol–water partition coefficient (Wildman–Crippen LogP) is 2.74. The van der Waals surface area contributed by atoms with Gasteiger partial charge in [0.2, 0.25) is 10.0 Å². The van der Waals surface area contributed by atoms with Crippen LogP contribution in [-0.2, 0) is 10.0 Å². The predicted molar refractivity (Wildman–Crippen MR) is 102 cm³/mol. The summed E-state index contributed by atoms with van der Waals surface area (Å²) in [6.45, 7) is 1.58. The van der Waals surface area contributed by atoms with Crippen LogP contribution in [0.4, 0.5) is 11.4 Å². The zero-order valence-corrected chi connectivity index (χ0v) is 16.0. The fraction of sp³-hybridized carbons (Fsp3) is 0.278. The smallest absolute Gasteiger partial charge is 0.255 e. The average Bonchev–Trinajstić information content (AvgIpc) is 2.67. The molecule has 1 N–H and O–H groups in total. The quantitative estimate of drug-likeness (QED) is 0.801. The van der Waals surface area contributed by atoms with Gasteiger partial charge in [-0.2, -0.15) is 0 Å². The Morgan fingerprint density at radius 1 is 1.08 bits per heavy atom. The molecule has 0 aliphatic heterocycles. The maximum Gasteiger partial charge on any atom is 0.255 e. The van der Waals surface area contributed by atoms with Crippen LogP contribution in [0, 0.1) is 0 Å². The second kappa shape index (κ2) is 8.09. The molecule has 0 fully saturated rings. The summed E-state index contributed by atoms with van der Waals surface area (Å²) in [6.07, 6.45) is 0. The monoisotopic (exact) mass is 378 g/mol. The summed E-state index contributed by atoms with van der Waals surface area (Å²) >= 11 is 0. The van der Waals surface area contributed by atoms with E-state index in [1.807, 2.05) is 0 Å². The van der Waals surface area contributed by atoms with Gasteiger partial charge in [0.05, 0.1) is 31.3 Å². The minimum atomic E-state index is -3.35. The number of hydrogen-bond acceptors (Lipinski definition) is 5. The summed E-state index contributed by atoms with van der Waals surface area (Å²) < 4.78 is 35.4. The molecular formula is C18H22N2O5S. The summed E-state index contributed by atoms with van der Waals surface area (Å²) in [5, 5.41) is 2.77. The Hall–Kier alpha value is -2.74. The van der Waals surface area contributed by atoms with Crippen LogP contribution in [0.1, 0.15) is 17.3 Å². The van der Waals surface area contributed by atoms with Gasteiger partial charge < -0.3 is 14.8 Å². The first-order chi connectivity index (χ1) is 12.3. The van der Waals surface area contributed by atoms with E-state index < -0.39 is 10.0 Å². The van der Waals surface area contributed by atoms with Crippen molar-refractivity contribution in [2.24, 2.45) is 0 Å². The van der Waals surface area contributed by atoms with Gasteiger partial charge in [0.15, 0.2) is 0 Å². The molecular weight excluding hydrogens is 356 g/mol. The van der Waals surface area contributed by atoms with Gasteiger partial charge in [-0.3, -0.25) is 9.10 Å². The lowest BCUT2D eigenvalue weighted by Crippen LogP contribution is -2.28. The minimum absolute atomic E-state index is 0.00136. The molecule has 0 saturated carbocycles. The number of sulfonamides is 1. The molecule has 0 radical (unpaired) electrons. The van der Waals surface area contributed by atoms with Crippen LogP contribution in [0.5, 0.6) is 11.5 Å². The van der Waals surface area contributed by atoms with Gasteiger partial charge >= 0.3 is 0 Å². The van der Waals surface area contributed by atoms with E-state index in [9.17, 15) is 13.2 Å². The van der Waals surface area contributed by atoms with Crippen molar-refractivity contribution in [2.75, 3.05) is 36.6 Å². The number of anilines is 2. The summed E-state index contributed by atoms with van der Waals surface area (Å²) in [6, 6.07) is 11.4. The van der Waals surface area contributed by atoms with Crippen LogP contribution < -0.4 is 19.1 Å². The highest BCUT2D eigenvalue weighted by Crippen LogP contribution is 2.29. The topological polar surface area (TPSA) is 84.9 Å². The Balaban J connectivity index is 2.21. The molecule has 0 aromatic heterocycles. The number of nitrogens with one attached hydrogen (secondary N) is 1. The highest BCUT2D eigenvalue weighted by molar-refractivity contribution is 7.92. The maximum atomic E-state index is 12.5. The van der Waals surface area contributed by atoms with Crippen LogP contribution in [0.15, 0.2) is 42.5 Å². The van der Waals surface area contributed by atoms with E-state index in [-0.39, 0.29) is 11.7 Å². The third kappa shape index (κ3) is 4.26. The SMILES string of the molecule is CCS(=O)(=O)N(C)c1ccc(C(=O)Nc2cc(OC)ccc2OC)cc1. The molecule has 0 atom stereocenters. The highest BCUT2D eigenvalue weighted by Gasteiger charge is 2.16. The number of rotatable bonds is 7. The molecule has 2 aromatic carbocycles. The van der Waals surface area contributed by atoms with E-state index in [4.69, 9.17) is 9.47 Å². The first-order valence-electron chi connectivity index (χ1n) is 7.92. The largest absolute Gasteiger partial charge is 0.497 e. The van der Waals surface area contributed by atoms with E-state index in [1.54, 1.807) is 49.4 Å². The molecule has 0 bridgehead atoms. The van der Waals surface area contributed by atoms with Crippen LogP contribution in [0.2, 0.25) is 0 Å². The van der Waals surface area contributed by atoms with Crippen LogP contribution in [-0.4, -0.2) is 41.3 Å². The standard InChI is InChI=1S/C18H22N2O5S/c1-5-26(22,23)20(2)14-8-6-13(7-9-14)18(21)19-16-12-15(24-3)10-11-17(16)25-4/h6-12H,5H2,1-4H3,(H,19,21). The Bertz CT molecular complexity index is 879. The molecule has 0 saturated heterocycles. The lowest BCUT2D eigenvalue weighted by Gasteiger charge is -2.18. The van der Waals surface area contributed by atoms with Crippen molar-refractivity contribution in [1.29, 1.82) is 0 Å². The maximum absolute atomic E-state index is 12.5.